The summed E-state index contributed by atoms with van der Waals surface area (Å²) in [6, 6.07) is 8.31. The summed E-state index contributed by atoms with van der Waals surface area (Å²) in [6.45, 7) is 6.12. The lowest BCUT2D eigenvalue weighted by molar-refractivity contribution is -0.128. The summed E-state index contributed by atoms with van der Waals surface area (Å²) < 4.78 is 5.95. The SMILES string of the molecule is CC(C)c1ccccc1O[C@@H](C)C(=O)NC1CCCCCCC1. The zero-order valence-electron chi connectivity index (χ0n) is 14.8. The van der Waals surface area contributed by atoms with Crippen LogP contribution in [0, 0.1) is 0 Å². The van der Waals surface area contributed by atoms with Gasteiger partial charge in [-0.3, -0.25) is 4.79 Å². The van der Waals surface area contributed by atoms with Crippen LogP contribution in [0.2, 0.25) is 0 Å². The Bertz CT molecular complexity index is 490. The van der Waals surface area contributed by atoms with E-state index in [-0.39, 0.29) is 5.91 Å². The summed E-state index contributed by atoms with van der Waals surface area (Å²) in [4.78, 5) is 12.5. The molecule has 0 aliphatic heterocycles. The Morgan fingerprint density at radius 2 is 1.65 bits per heavy atom. The fourth-order valence-corrected chi connectivity index (χ4v) is 3.23. The van der Waals surface area contributed by atoms with Crippen molar-refractivity contribution < 1.29 is 9.53 Å². The van der Waals surface area contributed by atoms with E-state index < -0.39 is 6.10 Å². The minimum atomic E-state index is -0.458. The van der Waals surface area contributed by atoms with E-state index in [9.17, 15) is 4.79 Å². The van der Waals surface area contributed by atoms with Crippen molar-refractivity contribution in [3.63, 3.8) is 0 Å². The molecule has 1 atom stereocenters. The predicted molar refractivity (Wildman–Crippen MR) is 94.9 cm³/mol. The molecule has 3 nitrogen and oxygen atoms in total. The summed E-state index contributed by atoms with van der Waals surface area (Å²) in [6.07, 6.45) is 8.10. The second kappa shape index (κ2) is 8.95. The third-order valence-electron chi connectivity index (χ3n) is 4.67. The Morgan fingerprint density at radius 1 is 1.04 bits per heavy atom. The molecule has 0 bridgehead atoms. The van der Waals surface area contributed by atoms with Crippen LogP contribution in [0.1, 0.15) is 77.2 Å². The van der Waals surface area contributed by atoms with Gasteiger partial charge in [0.25, 0.3) is 5.91 Å². The Kier molecular flexibility index (Phi) is 6.94. The second-order valence-electron chi connectivity index (χ2n) is 7.00. The van der Waals surface area contributed by atoms with Gasteiger partial charge in [0, 0.05) is 6.04 Å². The molecule has 0 spiro atoms. The van der Waals surface area contributed by atoms with E-state index in [1.807, 2.05) is 25.1 Å². The van der Waals surface area contributed by atoms with E-state index >= 15 is 0 Å². The van der Waals surface area contributed by atoms with Gasteiger partial charge in [0.05, 0.1) is 0 Å². The van der Waals surface area contributed by atoms with E-state index in [0.29, 0.717) is 12.0 Å². The van der Waals surface area contributed by atoms with E-state index in [0.717, 1.165) is 24.2 Å². The first-order valence-corrected chi connectivity index (χ1v) is 9.14. The van der Waals surface area contributed by atoms with Crippen LogP contribution < -0.4 is 10.1 Å². The van der Waals surface area contributed by atoms with Crippen molar-refractivity contribution in [1.82, 2.24) is 5.32 Å². The summed E-state index contributed by atoms with van der Waals surface area (Å²) in [5, 5.41) is 3.19. The second-order valence-corrected chi connectivity index (χ2v) is 7.00. The molecular weight excluding hydrogens is 286 g/mol. The number of carbonyl (C=O) groups excluding carboxylic acids is 1. The number of hydrogen-bond donors (Lipinski definition) is 1. The standard InChI is InChI=1S/C20H31NO2/c1-15(2)18-13-9-10-14-19(18)23-16(3)20(22)21-17-11-7-5-4-6-8-12-17/h9-10,13-17H,4-8,11-12H2,1-3H3,(H,21,22)/t16-/m0/s1. The zero-order valence-corrected chi connectivity index (χ0v) is 14.8. The van der Waals surface area contributed by atoms with Gasteiger partial charge in [-0.1, -0.05) is 64.2 Å². The minimum Gasteiger partial charge on any atom is -0.481 e. The fourth-order valence-electron chi connectivity index (χ4n) is 3.23. The van der Waals surface area contributed by atoms with E-state index in [1.54, 1.807) is 0 Å². The molecule has 1 aromatic carbocycles. The maximum atomic E-state index is 12.5. The van der Waals surface area contributed by atoms with Crippen molar-refractivity contribution in [2.24, 2.45) is 0 Å². The molecule has 0 unspecified atom stereocenters. The lowest BCUT2D eigenvalue weighted by Crippen LogP contribution is -2.42. The summed E-state index contributed by atoms with van der Waals surface area (Å²) in [5.41, 5.74) is 1.15. The molecule has 2 rings (SSSR count). The minimum absolute atomic E-state index is 0.00846. The fraction of sp³-hybridized carbons (Fsp3) is 0.650. The largest absolute Gasteiger partial charge is 0.481 e. The molecule has 1 N–H and O–H groups in total. The highest BCUT2D eigenvalue weighted by Crippen LogP contribution is 2.26. The third-order valence-corrected chi connectivity index (χ3v) is 4.67. The number of amides is 1. The van der Waals surface area contributed by atoms with Gasteiger partial charge in [0.2, 0.25) is 0 Å². The lowest BCUT2D eigenvalue weighted by atomic mass is 9.96. The monoisotopic (exact) mass is 317 g/mol. The lowest BCUT2D eigenvalue weighted by Gasteiger charge is -2.24. The highest BCUT2D eigenvalue weighted by atomic mass is 16.5. The smallest absolute Gasteiger partial charge is 0.260 e. The molecule has 1 aliphatic rings. The predicted octanol–water partition coefficient (Wildman–Crippen LogP) is 4.81. The molecule has 3 heteroatoms. The third kappa shape index (κ3) is 5.56. The summed E-state index contributed by atoms with van der Waals surface area (Å²) in [5.74, 6) is 1.21. The van der Waals surface area contributed by atoms with Gasteiger partial charge in [-0.25, -0.2) is 0 Å². The highest BCUT2D eigenvalue weighted by Gasteiger charge is 2.20. The van der Waals surface area contributed by atoms with Crippen LogP contribution in [0.3, 0.4) is 0 Å². The first kappa shape index (κ1) is 17.8. The molecule has 0 aromatic heterocycles. The van der Waals surface area contributed by atoms with Gasteiger partial charge in [-0.15, -0.1) is 0 Å². The van der Waals surface area contributed by atoms with E-state index in [1.165, 1.54) is 32.1 Å². The quantitative estimate of drug-likeness (QED) is 0.846. The Morgan fingerprint density at radius 3 is 2.30 bits per heavy atom. The van der Waals surface area contributed by atoms with Crippen molar-refractivity contribution in [3.05, 3.63) is 29.8 Å². The van der Waals surface area contributed by atoms with E-state index in [2.05, 4.69) is 25.2 Å². The van der Waals surface area contributed by atoms with Crippen LogP contribution in [-0.4, -0.2) is 18.1 Å². The van der Waals surface area contributed by atoms with Crippen LogP contribution in [0.15, 0.2) is 24.3 Å². The zero-order chi connectivity index (χ0) is 16.7. The van der Waals surface area contributed by atoms with Crippen LogP contribution in [0.5, 0.6) is 5.75 Å². The number of benzene rings is 1. The van der Waals surface area contributed by atoms with Crippen molar-refractivity contribution in [3.8, 4) is 5.75 Å². The molecule has 0 heterocycles. The van der Waals surface area contributed by atoms with Crippen molar-refractivity contribution in [1.29, 1.82) is 0 Å². The van der Waals surface area contributed by atoms with Crippen LogP contribution in [-0.2, 0) is 4.79 Å². The number of nitrogens with one attached hydrogen (secondary N) is 1. The van der Waals surface area contributed by atoms with Gasteiger partial charge >= 0.3 is 0 Å². The number of rotatable bonds is 5. The van der Waals surface area contributed by atoms with Gasteiger partial charge in [-0.2, -0.15) is 0 Å². The Hall–Kier alpha value is -1.51. The average molecular weight is 317 g/mol. The molecule has 1 aromatic rings. The summed E-state index contributed by atoms with van der Waals surface area (Å²) >= 11 is 0. The van der Waals surface area contributed by atoms with Crippen LogP contribution in [0.25, 0.3) is 0 Å². The molecule has 1 fully saturated rings. The normalized spacial score (nSPS) is 18.1. The molecule has 1 saturated carbocycles. The first-order valence-electron chi connectivity index (χ1n) is 9.14. The molecular formula is C20H31NO2. The van der Waals surface area contributed by atoms with Crippen LogP contribution >= 0.6 is 0 Å². The maximum Gasteiger partial charge on any atom is 0.260 e. The van der Waals surface area contributed by atoms with Crippen molar-refractivity contribution in [2.75, 3.05) is 0 Å². The topological polar surface area (TPSA) is 38.3 Å². The molecule has 0 saturated heterocycles. The molecule has 1 aliphatic carbocycles. The Labute approximate surface area is 140 Å². The summed E-state index contributed by atoms with van der Waals surface area (Å²) in [7, 11) is 0. The van der Waals surface area contributed by atoms with Crippen molar-refractivity contribution in [2.45, 2.75) is 83.8 Å². The van der Waals surface area contributed by atoms with Gasteiger partial charge in [0.1, 0.15) is 5.75 Å². The maximum absolute atomic E-state index is 12.5. The molecule has 1 amide bonds. The number of hydrogen-bond acceptors (Lipinski definition) is 2. The van der Waals surface area contributed by atoms with Gasteiger partial charge in [-0.05, 0) is 37.3 Å². The first-order chi connectivity index (χ1) is 11.1. The average Bonchev–Trinajstić information content (AvgIpc) is 2.50. The number of ether oxygens (including phenoxy) is 1. The number of para-hydroxylation sites is 1. The number of carbonyl (C=O) groups is 1. The van der Waals surface area contributed by atoms with Crippen LogP contribution in [0.4, 0.5) is 0 Å². The Balaban J connectivity index is 1.92. The highest BCUT2D eigenvalue weighted by molar-refractivity contribution is 5.81. The molecule has 23 heavy (non-hydrogen) atoms. The van der Waals surface area contributed by atoms with Gasteiger partial charge < -0.3 is 10.1 Å². The molecule has 0 radical (unpaired) electrons. The van der Waals surface area contributed by atoms with Gasteiger partial charge in [0.15, 0.2) is 6.10 Å². The molecule has 128 valence electrons. The van der Waals surface area contributed by atoms with Crippen molar-refractivity contribution >= 4 is 5.91 Å². The van der Waals surface area contributed by atoms with E-state index in [4.69, 9.17) is 4.74 Å².